The summed E-state index contributed by atoms with van der Waals surface area (Å²) >= 11 is 5.95. The standard InChI is InChI=1S/C17H19ClFN3O3/c18-14-11-12(19)1-2-13(14)17(25)21-8-5-20(6-9-21)7-10-22-15(23)3-4-16(22)24/h1-2,11H,3-10H2. The number of carbonyl (C=O) groups is 3. The highest BCUT2D eigenvalue weighted by Gasteiger charge is 2.29. The number of carbonyl (C=O) groups excluding carboxylic acids is 3. The minimum Gasteiger partial charge on any atom is -0.336 e. The molecule has 25 heavy (non-hydrogen) atoms. The molecule has 134 valence electrons. The smallest absolute Gasteiger partial charge is 0.255 e. The van der Waals surface area contributed by atoms with Gasteiger partial charge >= 0.3 is 0 Å². The van der Waals surface area contributed by atoms with E-state index in [0.29, 0.717) is 57.7 Å². The van der Waals surface area contributed by atoms with Crippen molar-refractivity contribution in [1.82, 2.24) is 14.7 Å². The number of hydrogen-bond donors (Lipinski definition) is 0. The molecule has 3 rings (SSSR count). The van der Waals surface area contributed by atoms with E-state index < -0.39 is 5.82 Å². The van der Waals surface area contributed by atoms with Gasteiger partial charge in [0, 0.05) is 52.1 Å². The minimum absolute atomic E-state index is 0.107. The summed E-state index contributed by atoms with van der Waals surface area (Å²) < 4.78 is 13.1. The maximum absolute atomic E-state index is 13.1. The zero-order valence-corrected chi connectivity index (χ0v) is 14.5. The number of nitrogens with zero attached hydrogens (tertiary/aromatic N) is 3. The summed E-state index contributed by atoms with van der Waals surface area (Å²) in [6.07, 6.45) is 0.610. The Kier molecular flexibility index (Phi) is 5.34. The van der Waals surface area contributed by atoms with Gasteiger partial charge in [-0.25, -0.2) is 4.39 Å². The molecule has 0 bridgehead atoms. The normalized spacial score (nSPS) is 19.0. The quantitative estimate of drug-likeness (QED) is 0.754. The lowest BCUT2D eigenvalue weighted by atomic mass is 10.1. The molecule has 0 radical (unpaired) electrons. The molecule has 0 aliphatic carbocycles. The van der Waals surface area contributed by atoms with Gasteiger partial charge < -0.3 is 4.90 Å². The summed E-state index contributed by atoms with van der Waals surface area (Å²) in [6.45, 7) is 3.36. The first-order valence-electron chi connectivity index (χ1n) is 8.25. The van der Waals surface area contributed by atoms with Crippen LogP contribution in [0.25, 0.3) is 0 Å². The summed E-state index contributed by atoms with van der Waals surface area (Å²) in [5.74, 6) is -0.901. The van der Waals surface area contributed by atoms with E-state index in [4.69, 9.17) is 11.6 Å². The molecule has 8 heteroatoms. The van der Waals surface area contributed by atoms with Crippen molar-refractivity contribution in [1.29, 1.82) is 0 Å². The molecule has 0 unspecified atom stereocenters. The Labute approximate surface area is 150 Å². The van der Waals surface area contributed by atoms with Crippen molar-refractivity contribution in [2.75, 3.05) is 39.3 Å². The molecular formula is C17H19ClFN3O3. The molecule has 2 heterocycles. The summed E-state index contributed by atoms with van der Waals surface area (Å²) in [6, 6.07) is 3.76. The molecule has 0 N–H and O–H groups in total. The largest absolute Gasteiger partial charge is 0.336 e. The number of piperazine rings is 1. The Morgan fingerprint density at radius 2 is 1.68 bits per heavy atom. The van der Waals surface area contributed by atoms with Crippen molar-refractivity contribution >= 4 is 29.3 Å². The van der Waals surface area contributed by atoms with Gasteiger partial charge in [0.2, 0.25) is 11.8 Å². The van der Waals surface area contributed by atoms with Crippen LogP contribution < -0.4 is 0 Å². The summed E-state index contributed by atoms with van der Waals surface area (Å²) in [7, 11) is 0. The van der Waals surface area contributed by atoms with E-state index >= 15 is 0 Å². The van der Waals surface area contributed by atoms with Crippen LogP contribution in [-0.4, -0.2) is 71.7 Å². The molecular weight excluding hydrogens is 349 g/mol. The Morgan fingerprint density at radius 3 is 2.28 bits per heavy atom. The molecule has 1 aromatic carbocycles. The van der Waals surface area contributed by atoms with Gasteiger partial charge in [-0.15, -0.1) is 0 Å². The molecule has 3 amide bonds. The maximum atomic E-state index is 13.1. The molecule has 6 nitrogen and oxygen atoms in total. The van der Waals surface area contributed by atoms with Crippen LogP contribution in [0.4, 0.5) is 4.39 Å². The number of halogens is 2. The second kappa shape index (κ2) is 7.49. The van der Waals surface area contributed by atoms with Crippen LogP contribution in [0.5, 0.6) is 0 Å². The van der Waals surface area contributed by atoms with E-state index in [0.717, 1.165) is 6.07 Å². The number of imide groups is 1. The highest BCUT2D eigenvalue weighted by atomic mass is 35.5. The van der Waals surface area contributed by atoms with Crippen LogP contribution in [0.3, 0.4) is 0 Å². The highest BCUT2D eigenvalue weighted by Crippen LogP contribution is 2.20. The van der Waals surface area contributed by atoms with E-state index in [2.05, 4.69) is 4.90 Å². The Balaban J connectivity index is 1.50. The third-order valence-electron chi connectivity index (χ3n) is 4.62. The highest BCUT2D eigenvalue weighted by molar-refractivity contribution is 6.33. The predicted octanol–water partition coefficient (Wildman–Crippen LogP) is 1.39. The van der Waals surface area contributed by atoms with Crippen molar-refractivity contribution in [2.45, 2.75) is 12.8 Å². The fraction of sp³-hybridized carbons (Fsp3) is 0.471. The molecule has 2 aliphatic heterocycles. The SMILES string of the molecule is O=C(c1ccc(F)cc1Cl)N1CCN(CCN2C(=O)CCC2=O)CC1. The average molecular weight is 368 g/mol. The fourth-order valence-electron chi connectivity index (χ4n) is 3.12. The lowest BCUT2D eigenvalue weighted by molar-refractivity contribution is -0.138. The predicted molar refractivity (Wildman–Crippen MR) is 89.7 cm³/mol. The van der Waals surface area contributed by atoms with E-state index in [1.54, 1.807) is 4.90 Å². The summed E-state index contributed by atoms with van der Waals surface area (Å²) in [4.78, 5) is 40.8. The van der Waals surface area contributed by atoms with E-state index in [1.807, 2.05) is 0 Å². The third kappa shape index (κ3) is 3.99. The van der Waals surface area contributed by atoms with E-state index in [1.165, 1.54) is 17.0 Å². The van der Waals surface area contributed by atoms with E-state index in [-0.39, 0.29) is 22.7 Å². The van der Waals surface area contributed by atoms with Gasteiger partial charge in [0.25, 0.3) is 5.91 Å². The van der Waals surface area contributed by atoms with Crippen molar-refractivity contribution in [3.05, 3.63) is 34.6 Å². The van der Waals surface area contributed by atoms with Crippen LogP contribution in [0, 0.1) is 5.82 Å². The van der Waals surface area contributed by atoms with Crippen LogP contribution in [-0.2, 0) is 9.59 Å². The molecule has 2 fully saturated rings. The first-order chi connectivity index (χ1) is 12.0. The van der Waals surface area contributed by atoms with Crippen molar-refractivity contribution in [2.24, 2.45) is 0 Å². The average Bonchev–Trinajstić information content (AvgIpc) is 2.91. The Morgan fingerprint density at radius 1 is 1.04 bits per heavy atom. The van der Waals surface area contributed by atoms with Crippen LogP contribution in [0.15, 0.2) is 18.2 Å². The molecule has 1 aromatic rings. The third-order valence-corrected chi connectivity index (χ3v) is 4.93. The number of amides is 3. The monoisotopic (exact) mass is 367 g/mol. The molecule has 2 saturated heterocycles. The molecule has 0 saturated carbocycles. The van der Waals surface area contributed by atoms with Gasteiger partial charge in [0.05, 0.1) is 10.6 Å². The fourth-order valence-corrected chi connectivity index (χ4v) is 3.37. The van der Waals surface area contributed by atoms with Crippen LogP contribution >= 0.6 is 11.6 Å². The van der Waals surface area contributed by atoms with Gasteiger partial charge in [0.1, 0.15) is 5.82 Å². The topological polar surface area (TPSA) is 60.9 Å². The van der Waals surface area contributed by atoms with Crippen molar-refractivity contribution in [3.63, 3.8) is 0 Å². The van der Waals surface area contributed by atoms with Gasteiger partial charge in [-0.3, -0.25) is 24.2 Å². The van der Waals surface area contributed by atoms with Gasteiger partial charge in [0.15, 0.2) is 0 Å². The Bertz CT molecular complexity index is 688. The Hall–Kier alpha value is -1.99. The number of rotatable bonds is 4. The first-order valence-corrected chi connectivity index (χ1v) is 8.63. The van der Waals surface area contributed by atoms with Gasteiger partial charge in [-0.05, 0) is 18.2 Å². The van der Waals surface area contributed by atoms with Gasteiger partial charge in [-0.2, -0.15) is 0 Å². The van der Waals surface area contributed by atoms with Crippen molar-refractivity contribution < 1.29 is 18.8 Å². The van der Waals surface area contributed by atoms with Crippen LogP contribution in [0.2, 0.25) is 5.02 Å². The lowest BCUT2D eigenvalue weighted by Crippen LogP contribution is -2.50. The molecule has 0 atom stereocenters. The number of likely N-dealkylation sites (tertiary alicyclic amines) is 1. The number of hydrogen-bond acceptors (Lipinski definition) is 4. The first kappa shape index (κ1) is 17.8. The molecule has 0 aromatic heterocycles. The second-order valence-electron chi connectivity index (χ2n) is 6.20. The maximum Gasteiger partial charge on any atom is 0.255 e. The minimum atomic E-state index is -0.475. The van der Waals surface area contributed by atoms with Gasteiger partial charge in [-0.1, -0.05) is 11.6 Å². The van der Waals surface area contributed by atoms with Crippen LogP contribution in [0.1, 0.15) is 23.2 Å². The summed E-state index contributed by atoms with van der Waals surface area (Å²) in [5, 5.41) is 0.110. The summed E-state index contributed by atoms with van der Waals surface area (Å²) in [5.41, 5.74) is 0.296. The number of benzene rings is 1. The zero-order valence-electron chi connectivity index (χ0n) is 13.7. The second-order valence-corrected chi connectivity index (χ2v) is 6.60. The molecule has 0 spiro atoms. The lowest BCUT2D eigenvalue weighted by Gasteiger charge is -2.35. The zero-order chi connectivity index (χ0) is 18.0. The molecule has 2 aliphatic rings. The van der Waals surface area contributed by atoms with E-state index in [9.17, 15) is 18.8 Å². The van der Waals surface area contributed by atoms with Crippen molar-refractivity contribution in [3.8, 4) is 0 Å².